The molecule has 0 bridgehead atoms. The molecule has 1 fully saturated rings. The van der Waals surface area contributed by atoms with Gasteiger partial charge in [0.2, 0.25) is 0 Å². The maximum absolute atomic E-state index is 13.1. The monoisotopic (exact) mass is 460 g/mol. The number of aromatic amines is 1. The Bertz CT molecular complexity index is 966. The first kappa shape index (κ1) is 25.3. The van der Waals surface area contributed by atoms with E-state index in [1.165, 1.54) is 11.6 Å². The lowest BCUT2D eigenvalue weighted by Crippen LogP contribution is -2.23. The van der Waals surface area contributed by atoms with Gasteiger partial charge in [0.05, 0.1) is 0 Å². The van der Waals surface area contributed by atoms with E-state index in [0.717, 1.165) is 81.8 Å². The fraction of sp³-hybridized carbons (Fsp3) is 0.519. The Labute approximate surface area is 194 Å². The molecule has 0 saturated heterocycles. The lowest BCUT2D eigenvalue weighted by atomic mass is 9.94. The van der Waals surface area contributed by atoms with E-state index in [9.17, 15) is 18.0 Å². The smallest absolute Gasteiger partial charge is 0.321 e. The van der Waals surface area contributed by atoms with Crippen LogP contribution in [0, 0.1) is 5.92 Å². The van der Waals surface area contributed by atoms with Gasteiger partial charge < -0.3 is 9.88 Å². The second-order valence-electron chi connectivity index (χ2n) is 8.92. The molecule has 1 heterocycles. The highest BCUT2D eigenvalue weighted by atomic mass is 19.4. The SMILES string of the molecule is CCN(CC)CCCCc1ccc(/C(=C/C2CCCC2)c2ccc(C(F)(F)F)c(=O)[nH]2)cc1. The Morgan fingerprint density at radius 2 is 1.70 bits per heavy atom. The minimum Gasteiger partial charge on any atom is -0.321 e. The van der Waals surface area contributed by atoms with Crippen LogP contribution in [0.3, 0.4) is 0 Å². The zero-order valence-corrected chi connectivity index (χ0v) is 19.7. The average molecular weight is 461 g/mol. The van der Waals surface area contributed by atoms with Crippen LogP contribution in [0.1, 0.15) is 74.8 Å². The van der Waals surface area contributed by atoms with Crippen molar-refractivity contribution < 1.29 is 13.2 Å². The summed E-state index contributed by atoms with van der Waals surface area (Å²) in [4.78, 5) is 17.1. The number of aryl methyl sites for hydroxylation is 1. The van der Waals surface area contributed by atoms with Crippen LogP contribution in [-0.2, 0) is 12.6 Å². The lowest BCUT2D eigenvalue weighted by molar-refractivity contribution is -0.138. The van der Waals surface area contributed by atoms with Crippen molar-refractivity contribution in [3.63, 3.8) is 0 Å². The van der Waals surface area contributed by atoms with Crippen molar-refractivity contribution in [3.05, 3.63) is 75.2 Å². The Morgan fingerprint density at radius 1 is 1.03 bits per heavy atom. The molecule has 1 saturated carbocycles. The molecule has 0 amide bonds. The number of nitrogens with zero attached hydrogens (tertiary/aromatic N) is 1. The molecular weight excluding hydrogens is 425 g/mol. The number of aromatic nitrogens is 1. The molecule has 2 aromatic rings. The fourth-order valence-corrected chi connectivity index (χ4v) is 4.61. The third-order valence-corrected chi connectivity index (χ3v) is 6.66. The Balaban J connectivity index is 1.78. The summed E-state index contributed by atoms with van der Waals surface area (Å²) >= 11 is 0. The summed E-state index contributed by atoms with van der Waals surface area (Å²) in [6, 6.07) is 10.5. The van der Waals surface area contributed by atoms with Crippen LogP contribution >= 0.6 is 0 Å². The Morgan fingerprint density at radius 3 is 2.27 bits per heavy atom. The molecule has 6 heteroatoms. The quantitative estimate of drug-likeness (QED) is 0.402. The maximum Gasteiger partial charge on any atom is 0.421 e. The van der Waals surface area contributed by atoms with E-state index >= 15 is 0 Å². The Kier molecular flexibility index (Phi) is 8.95. The number of alkyl halides is 3. The van der Waals surface area contributed by atoms with Gasteiger partial charge in [-0.25, -0.2) is 0 Å². The van der Waals surface area contributed by atoms with E-state index in [1.54, 1.807) is 0 Å². The summed E-state index contributed by atoms with van der Waals surface area (Å²) in [5, 5.41) is 0. The summed E-state index contributed by atoms with van der Waals surface area (Å²) in [7, 11) is 0. The number of unbranched alkanes of at least 4 members (excludes halogenated alkanes) is 1. The van der Waals surface area contributed by atoms with Gasteiger partial charge in [-0.3, -0.25) is 4.79 Å². The first-order valence-electron chi connectivity index (χ1n) is 12.2. The molecule has 1 aliphatic carbocycles. The van der Waals surface area contributed by atoms with E-state index in [4.69, 9.17) is 0 Å². The molecule has 3 rings (SSSR count). The van der Waals surface area contributed by atoms with Gasteiger partial charge in [0.1, 0.15) is 5.56 Å². The van der Waals surface area contributed by atoms with Gasteiger partial charge in [-0.2, -0.15) is 13.2 Å². The lowest BCUT2D eigenvalue weighted by Gasteiger charge is -2.17. The van der Waals surface area contributed by atoms with E-state index < -0.39 is 17.3 Å². The molecule has 1 aliphatic rings. The summed E-state index contributed by atoms with van der Waals surface area (Å²) in [6.45, 7) is 7.63. The van der Waals surface area contributed by atoms with Crippen LogP contribution in [-0.4, -0.2) is 29.5 Å². The summed E-state index contributed by atoms with van der Waals surface area (Å²) in [5.41, 5.74) is 1.16. The number of allylic oxidation sites excluding steroid dienone is 1. The number of hydrogen-bond acceptors (Lipinski definition) is 2. The van der Waals surface area contributed by atoms with E-state index in [-0.39, 0.29) is 0 Å². The molecule has 0 aliphatic heterocycles. The van der Waals surface area contributed by atoms with E-state index in [2.05, 4.69) is 41.9 Å². The molecule has 0 atom stereocenters. The molecule has 1 aromatic heterocycles. The molecule has 0 unspecified atom stereocenters. The molecular formula is C27H35F3N2O. The highest BCUT2D eigenvalue weighted by molar-refractivity contribution is 5.78. The van der Waals surface area contributed by atoms with E-state index in [1.807, 2.05) is 12.1 Å². The average Bonchev–Trinajstić information content (AvgIpc) is 3.30. The first-order chi connectivity index (χ1) is 15.8. The van der Waals surface area contributed by atoms with Crippen molar-refractivity contribution in [2.75, 3.05) is 19.6 Å². The number of hydrogen-bond donors (Lipinski definition) is 1. The largest absolute Gasteiger partial charge is 0.421 e. The first-order valence-corrected chi connectivity index (χ1v) is 12.2. The number of rotatable bonds is 10. The van der Waals surface area contributed by atoms with Crippen molar-refractivity contribution >= 4 is 5.57 Å². The van der Waals surface area contributed by atoms with Crippen LogP contribution < -0.4 is 5.56 Å². The van der Waals surface area contributed by atoms with Gasteiger partial charge in [0, 0.05) is 11.3 Å². The standard InChI is InChI=1S/C27H35F3N2O/c1-3-32(4-2)18-8-7-9-20-12-14-22(15-13-20)23(19-21-10-5-6-11-21)25-17-16-24(26(33)31-25)27(28,29)30/h12-17,19,21H,3-11,18H2,1-2H3,(H,31,33)/b23-19-. The third kappa shape index (κ3) is 7.07. The fourth-order valence-electron chi connectivity index (χ4n) is 4.61. The highest BCUT2D eigenvalue weighted by Gasteiger charge is 2.34. The number of benzene rings is 1. The van der Waals surface area contributed by atoms with Crippen LogP contribution in [0.15, 0.2) is 47.3 Å². The zero-order valence-electron chi connectivity index (χ0n) is 19.7. The minimum absolute atomic E-state index is 0.380. The van der Waals surface area contributed by atoms with Gasteiger partial charge >= 0.3 is 6.18 Å². The van der Waals surface area contributed by atoms with Gasteiger partial charge in [-0.05, 0) is 80.9 Å². The van der Waals surface area contributed by atoms with Crippen molar-refractivity contribution in [3.8, 4) is 0 Å². The normalized spacial score (nSPS) is 15.5. The second kappa shape index (κ2) is 11.7. The maximum atomic E-state index is 13.1. The molecule has 0 radical (unpaired) electrons. The van der Waals surface area contributed by atoms with Crippen molar-refractivity contribution in [2.45, 2.75) is 65.0 Å². The molecule has 0 spiro atoms. The minimum atomic E-state index is -4.66. The zero-order chi connectivity index (χ0) is 23.8. The number of H-pyrrole nitrogens is 1. The number of pyridine rings is 1. The van der Waals surface area contributed by atoms with Gasteiger partial charge in [-0.15, -0.1) is 0 Å². The topological polar surface area (TPSA) is 36.1 Å². The highest BCUT2D eigenvalue weighted by Crippen LogP contribution is 2.32. The molecule has 1 aromatic carbocycles. The molecule has 3 nitrogen and oxygen atoms in total. The van der Waals surface area contributed by atoms with Gasteiger partial charge in [0.25, 0.3) is 5.56 Å². The van der Waals surface area contributed by atoms with Crippen LogP contribution in [0.4, 0.5) is 13.2 Å². The van der Waals surface area contributed by atoms with Gasteiger partial charge in [-0.1, -0.05) is 57.0 Å². The summed E-state index contributed by atoms with van der Waals surface area (Å²) < 4.78 is 39.2. The second-order valence-corrected chi connectivity index (χ2v) is 8.92. The van der Waals surface area contributed by atoms with E-state index in [0.29, 0.717) is 11.6 Å². The van der Waals surface area contributed by atoms with Crippen LogP contribution in [0.25, 0.3) is 5.57 Å². The molecule has 180 valence electrons. The van der Waals surface area contributed by atoms with Crippen molar-refractivity contribution in [1.29, 1.82) is 0 Å². The number of halogens is 3. The van der Waals surface area contributed by atoms with Crippen LogP contribution in [0.2, 0.25) is 0 Å². The molecule has 33 heavy (non-hydrogen) atoms. The van der Waals surface area contributed by atoms with Crippen molar-refractivity contribution in [1.82, 2.24) is 9.88 Å². The summed E-state index contributed by atoms with van der Waals surface area (Å²) in [5.74, 6) is 0.380. The molecule has 1 N–H and O–H groups in total. The number of nitrogens with one attached hydrogen (secondary N) is 1. The predicted octanol–water partition coefficient (Wildman–Crippen LogP) is 6.68. The van der Waals surface area contributed by atoms with Crippen LogP contribution in [0.5, 0.6) is 0 Å². The Hall–Kier alpha value is -2.34. The predicted molar refractivity (Wildman–Crippen MR) is 128 cm³/mol. The van der Waals surface area contributed by atoms with Crippen molar-refractivity contribution in [2.24, 2.45) is 5.92 Å². The van der Waals surface area contributed by atoms with Gasteiger partial charge in [0.15, 0.2) is 0 Å². The summed E-state index contributed by atoms with van der Waals surface area (Å²) in [6.07, 6.45) is 5.20. The third-order valence-electron chi connectivity index (χ3n) is 6.66.